The second kappa shape index (κ2) is 7.91. The van der Waals surface area contributed by atoms with Crippen LogP contribution in [0.4, 0.5) is 0 Å². The minimum Gasteiger partial charge on any atom is -0.383 e. The standard InChI is InChI=1S/C12H19N3O/c1-3-4-5-7-15-11-12(10-14-15)9-13-6-8-16-2/h1,10-11,13H,4-9H2,2H3. The molecule has 0 aliphatic rings. The maximum Gasteiger partial charge on any atom is 0.0587 e. The number of methoxy groups -OCH3 is 1. The zero-order chi connectivity index (χ0) is 11.6. The molecule has 88 valence electrons. The molecule has 0 amide bonds. The lowest BCUT2D eigenvalue weighted by Crippen LogP contribution is -2.18. The van der Waals surface area contributed by atoms with Gasteiger partial charge in [0.05, 0.1) is 12.8 Å². The molecule has 0 aliphatic carbocycles. The van der Waals surface area contributed by atoms with E-state index in [1.165, 1.54) is 5.56 Å². The number of hydrogen-bond acceptors (Lipinski definition) is 3. The van der Waals surface area contributed by atoms with E-state index >= 15 is 0 Å². The van der Waals surface area contributed by atoms with Crippen LogP contribution in [-0.2, 0) is 17.8 Å². The molecule has 1 aromatic rings. The Kier molecular flexibility index (Phi) is 6.31. The topological polar surface area (TPSA) is 39.1 Å². The van der Waals surface area contributed by atoms with Gasteiger partial charge in [0.25, 0.3) is 0 Å². The third kappa shape index (κ3) is 4.96. The summed E-state index contributed by atoms with van der Waals surface area (Å²) in [6, 6.07) is 0. The molecule has 1 heterocycles. The number of nitrogens with one attached hydrogen (secondary N) is 1. The molecule has 0 bridgehead atoms. The van der Waals surface area contributed by atoms with Gasteiger partial charge in [0.15, 0.2) is 0 Å². The van der Waals surface area contributed by atoms with Crippen molar-refractivity contribution in [1.82, 2.24) is 15.1 Å². The Morgan fingerprint density at radius 3 is 3.25 bits per heavy atom. The van der Waals surface area contributed by atoms with E-state index in [1.807, 2.05) is 10.9 Å². The van der Waals surface area contributed by atoms with Gasteiger partial charge in [0.2, 0.25) is 0 Å². The van der Waals surface area contributed by atoms with Gasteiger partial charge in [-0.1, -0.05) is 0 Å². The molecule has 4 nitrogen and oxygen atoms in total. The molecule has 0 aromatic carbocycles. The van der Waals surface area contributed by atoms with Gasteiger partial charge in [-0.3, -0.25) is 4.68 Å². The van der Waals surface area contributed by atoms with E-state index in [2.05, 4.69) is 22.5 Å². The van der Waals surface area contributed by atoms with Crippen molar-refractivity contribution >= 4 is 0 Å². The van der Waals surface area contributed by atoms with Crippen molar-refractivity contribution < 1.29 is 4.74 Å². The second-order valence-corrected chi connectivity index (χ2v) is 3.59. The molecule has 0 spiro atoms. The zero-order valence-corrected chi connectivity index (χ0v) is 9.78. The number of hydrogen-bond donors (Lipinski definition) is 1. The summed E-state index contributed by atoms with van der Waals surface area (Å²) in [7, 11) is 1.70. The van der Waals surface area contributed by atoms with E-state index in [4.69, 9.17) is 11.2 Å². The molecular weight excluding hydrogens is 202 g/mol. The first-order chi connectivity index (χ1) is 7.86. The molecular formula is C12H19N3O. The normalized spacial score (nSPS) is 10.2. The fraction of sp³-hybridized carbons (Fsp3) is 0.583. The summed E-state index contributed by atoms with van der Waals surface area (Å²) >= 11 is 0. The smallest absolute Gasteiger partial charge is 0.0587 e. The molecule has 1 aromatic heterocycles. The summed E-state index contributed by atoms with van der Waals surface area (Å²) in [4.78, 5) is 0. The quantitative estimate of drug-likeness (QED) is 0.526. The average molecular weight is 221 g/mol. The fourth-order valence-corrected chi connectivity index (χ4v) is 1.37. The minimum atomic E-state index is 0.732. The van der Waals surface area contributed by atoms with Gasteiger partial charge in [-0.25, -0.2) is 0 Å². The third-order valence-corrected chi connectivity index (χ3v) is 2.21. The van der Waals surface area contributed by atoms with E-state index in [9.17, 15) is 0 Å². The van der Waals surface area contributed by atoms with Crippen molar-refractivity contribution in [2.75, 3.05) is 20.3 Å². The van der Waals surface area contributed by atoms with Crippen LogP contribution >= 0.6 is 0 Å². The summed E-state index contributed by atoms with van der Waals surface area (Å²) in [5.74, 6) is 2.63. The van der Waals surface area contributed by atoms with E-state index in [0.29, 0.717) is 0 Å². The molecule has 4 heteroatoms. The number of nitrogens with zero attached hydrogens (tertiary/aromatic N) is 2. The zero-order valence-electron chi connectivity index (χ0n) is 9.78. The third-order valence-electron chi connectivity index (χ3n) is 2.21. The Hall–Kier alpha value is -1.31. The van der Waals surface area contributed by atoms with Gasteiger partial charge < -0.3 is 10.1 Å². The first kappa shape index (κ1) is 12.8. The van der Waals surface area contributed by atoms with Crippen LogP contribution in [0.1, 0.15) is 18.4 Å². The van der Waals surface area contributed by atoms with Crippen LogP contribution in [0.5, 0.6) is 0 Å². The molecule has 0 unspecified atom stereocenters. The Balaban J connectivity index is 2.20. The lowest BCUT2D eigenvalue weighted by atomic mass is 10.3. The van der Waals surface area contributed by atoms with Gasteiger partial charge in [-0.15, -0.1) is 12.3 Å². The van der Waals surface area contributed by atoms with Crippen molar-refractivity contribution in [3.8, 4) is 12.3 Å². The Morgan fingerprint density at radius 2 is 2.50 bits per heavy atom. The predicted octanol–water partition coefficient (Wildman–Crippen LogP) is 1.03. The number of terminal acetylenes is 1. The Bertz CT molecular complexity index is 327. The lowest BCUT2D eigenvalue weighted by molar-refractivity contribution is 0.199. The molecule has 1 rings (SSSR count). The van der Waals surface area contributed by atoms with Gasteiger partial charge >= 0.3 is 0 Å². The number of aromatic nitrogens is 2. The monoisotopic (exact) mass is 221 g/mol. The summed E-state index contributed by atoms with van der Waals surface area (Å²) in [5.41, 5.74) is 1.19. The summed E-state index contributed by atoms with van der Waals surface area (Å²) < 4.78 is 6.88. The predicted molar refractivity (Wildman–Crippen MR) is 63.9 cm³/mol. The molecule has 0 atom stereocenters. The number of ether oxygens (including phenoxy) is 1. The highest BCUT2D eigenvalue weighted by Gasteiger charge is 1.97. The highest BCUT2D eigenvalue weighted by molar-refractivity contribution is 5.03. The van der Waals surface area contributed by atoms with Crippen LogP contribution in [0, 0.1) is 12.3 Å². The van der Waals surface area contributed by atoms with Crippen molar-refractivity contribution in [1.29, 1.82) is 0 Å². The van der Waals surface area contributed by atoms with Gasteiger partial charge in [-0.2, -0.15) is 5.10 Å². The average Bonchev–Trinajstić information content (AvgIpc) is 2.73. The number of unbranched alkanes of at least 4 members (excludes halogenated alkanes) is 1. The van der Waals surface area contributed by atoms with Crippen LogP contribution in [0.25, 0.3) is 0 Å². The number of aryl methyl sites for hydroxylation is 1. The molecule has 0 aliphatic heterocycles. The number of rotatable bonds is 8. The molecule has 0 saturated heterocycles. The minimum absolute atomic E-state index is 0.732. The second-order valence-electron chi connectivity index (χ2n) is 3.59. The molecule has 0 radical (unpaired) electrons. The molecule has 0 saturated carbocycles. The van der Waals surface area contributed by atoms with Crippen molar-refractivity contribution in [3.05, 3.63) is 18.0 Å². The van der Waals surface area contributed by atoms with E-state index in [1.54, 1.807) is 7.11 Å². The summed E-state index contributed by atoms with van der Waals surface area (Å²) in [6.07, 6.45) is 10.9. The first-order valence-electron chi connectivity index (χ1n) is 5.51. The lowest BCUT2D eigenvalue weighted by Gasteiger charge is -2.01. The van der Waals surface area contributed by atoms with E-state index < -0.39 is 0 Å². The largest absolute Gasteiger partial charge is 0.383 e. The van der Waals surface area contributed by atoms with Crippen LogP contribution in [-0.4, -0.2) is 30.0 Å². The van der Waals surface area contributed by atoms with Crippen LogP contribution in [0.15, 0.2) is 12.4 Å². The van der Waals surface area contributed by atoms with Crippen LogP contribution < -0.4 is 5.32 Å². The van der Waals surface area contributed by atoms with E-state index in [0.717, 1.165) is 39.1 Å². The van der Waals surface area contributed by atoms with Crippen molar-refractivity contribution in [2.45, 2.75) is 25.9 Å². The Labute approximate surface area is 97.0 Å². The van der Waals surface area contributed by atoms with E-state index in [-0.39, 0.29) is 0 Å². The molecule has 0 fully saturated rings. The highest BCUT2D eigenvalue weighted by atomic mass is 16.5. The van der Waals surface area contributed by atoms with Crippen LogP contribution in [0.3, 0.4) is 0 Å². The maximum absolute atomic E-state index is 5.19. The Morgan fingerprint density at radius 1 is 1.62 bits per heavy atom. The molecule has 1 N–H and O–H groups in total. The summed E-state index contributed by atoms with van der Waals surface area (Å²) in [5, 5.41) is 7.54. The summed E-state index contributed by atoms with van der Waals surface area (Å²) in [6.45, 7) is 3.32. The van der Waals surface area contributed by atoms with Gasteiger partial charge in [0, 0.05) is 44.9 Å². The highest BCUT2D eigenvalue weighted by Crippen LogP contribution is 1.99. The molecule has 16 heavy (non-hydrogen) atoms. The first-order valence-corrected chi connectivity index (χ1v) is 5.51. The van der Waals surface area contributed by atoms with Gasteiger partial charge in [-0.05, 0) is 6.42 Å². The van der Waals surface area contributed by atoms with Crippen molar-refractivity contribution in [2.24, 2.45) is 0 Å². The SMILES string of the molecule is C#CCCCn1cc(CNCCOC)cn1. The maximum atomic E-state index is 5.19. The van der Waals surface area contributed by atoms with Gasteiger partial charge in [0.1, 0.15) is 0 Å². The van der Waals surface area contributed by atoms with Crippen molar-refractivity contribution in [3.63, 3.8) is 0 Å². The van der Waals surface area contributed by atoms with Crippen LogP contribution in [0.2, 0.25) is 0 Å². The fourth-order valence-electron chi connectivity index (χ4n) is 1.37.